The van der Waals surface area contributed by atoms with Gasteiger partial charge >= 0.3 is 6.03 Å². The number of piperidine rings is 1. The van der Waals surface area contributed by atoms with E-state index in [0.29, 0.717) is 34.4 Å². The number of alkyl halides is 2. The molecule has 7 rings (SSSR count). The third-order valence-electron chi connectivity index (χ3n) is 7.87. The van der Waals surface area contributed by atoms with Gasteiger partial charge in [0.1, 0.15) is 11.5 Å². The van der Waals surface area contributed by atoms with Crippen LogP contribution in [-0.2, 0) is 17.9 Å². The van der Waals surface area contributed by atoms with E-state index in [0.717, 1.165) is 16.7 Å². The van der Waals surface area contributed by atoms with Crippen LogP contribution >= 0.6 is 0 Å². The molecule has 0 aliphatic carbocycles. The van der Waals surface area contributed by atoms with Crippen LogP contribution in [0.5, 0.6) is 0 Å². The van der Waals surface area contributed by atoms with Crippen molar-refractivity contribution in [3.63, 3.8) is 0 Å². The molecule has 0 bridgehead atoms. The van der Waals surface area contributed by atoms with Crippen LogP contribution in [0.2, 0.25) is 0 Å². The Morgan fingerprint density at radius 3 is 2.82 bits per heavy atom. The van der Waals surface area contributed by atoms with Gasteiger partial charge in [-0.05, 0) is 41.8 Å². The molecule has 0 unspecified atom stereocenters. The van der Waals surface area contributed by atoms with Gasteiger partial charge in [0.15, 0.2) is 0 Å². The number of rotatable bonds is 2. The van der Waals surface area contributed by atoms with Crippen molar-refractivity contribution >= 4 is 39.6 Å². The lowest BCUT2D eigenvalue weighted by Crippen LogP contribution is -2.51. The van der Waals surface area contributed by atoms with Crippen molar-refractivity contribution in [2.24, 2.45) is 0 Å². The normalized spacial score (nSPS) is 19.2. The van der Waals surface area contributed by atoms with E-state index in [4.69, 9.17) is 0 Å². The fourth-order valence-electron chi connectivity index (χ4n) is 6.13. The molecule has 11 heteroatoms. The summed E-state index contributed by atoms with van der Waals surface area (Å²) in [5.41, 5.74) is 4.69. The van der Waals surface area contributed by atoms with E-state index in [1.807, 2.05) is 39.6 Å². The number of aromatic nitrogens is 3. The minimum absolute atomic E-state index is 0.106. The molecule has 3 aliphatic rings. The van der Waals surface area contributed by atoms with Crippen LogP contribution in [0.1, 0.15) is 29.7 Å². The molecule has 6 heterocycles. The fraction of sp³-hybridized carbons (Fsp3) is 0.321. The summed E-state index contributed by atoms with van der Waals surface area (Å²) in [6.07, 6.45) is 5.43. The maximum Gasteiger partial charge on any atom is 0.320 e. The van der Waals surface area contributed by atoms with Crippen molar-refractivity contribution < 1.29 is 22.8 Å². The zero-order chi connectivity index (χ0) is 26.9. The van der Waals surface area contributed by atoms with Gasteiger partial charge in [0.25, 0.3) is 11.8 Å². The molecule has 0 atom stereocenters. The number of pyridine rings is 1. The number of likely N-dealkylation sites (tertiary alicyclic amines) is 1. The number of hydrogen-bond donors (Lipinski definition) is 1. The smallest absolute Gasteiger partial charge is 0.320 e. The molecular weight excluding hydrogens is 509 g/mol. The fourth-order valence-corrected chi connectivity index (χ4v) is 6.13. The van der Waals surface area contributed by atoms with Gasteiger partial charge in [-0.25, -0.2) is 22.9 Å². The molecule has 3 aliphatic heterocycles. The Hall–Kier alpha value is -4.28. The summed E-state index contributed by atoms with van der Waals surface area (Å²) in [5, 5.41) is 3.55. The van der Waals surface area contributed by atoms with Gasteiger partial charge < -0.3 is 19.7 Å². The Balaban J connectivity index is 1.31. The van der Waals surface area contributed by atoms with Crippen molar-refractivity contribution in [3.8, 4) is 0 Å². The van der Waals surface area contributed by atoms with Crippen LogP contribution in [0, 0.1) is 5.82 Å². The molecule has 0 spiro atoms. The first kappa shape index (κ1) is 23.8. The maximum atomic E-state index is 15.0. The van der Waals surface area contributed by atoms with Crippen LogP contribution in [0.4, 0.5) is 18.0 Å². The van der Waals surface area contributed by atoms with Crippen LogP contribution < -0.4 is 5.32 Å². The number of nitrogens with one attached hydrogen (secondary N) is 1. The second-order valence-electron chi connectivity index (χ2n) is 10.4. The number of halogens is 3. The second kappa shape index (κ2) is 8.62. The minimum atomic E-state index is -2.90. The highest BCUT2D eigenvalue weighted by atomic mass is 19.3. The van der Waals surface area contributed by atoms with E-state index in [-0.39, 0.29) is 44.9 Å². The average molecular weight is 535 g/mol. The molecule has 39 heavy (non-hydrogen) atoms. The largest absolute Gasteiger partial charge is 0.348 e. The summed E-state index contributed by atoms with van der Waals surface area (Å²) in [7, 11) is 0. The Morgan fingerprint density at radius 1 is 1.10 bits per heavy atom. The zero-order valence-corrected chi connectivity index (χ0v) is 21.0. The summed E-state index contributed by atoms with van der Waals surface area (Å²) >= 11 is 0. The van der Waals surface area contributed by atoms with E-state index in [1.165, 1.54) is 21.9 Å². The van der Waals surface area contributed by atoms with Crippen molar-refractivity contribution in [1.29, 1.82) is 0 Å². The third kappa shape index (κ3) is 3.86. The molecule has 4 aromatic rings. The molecular formula is C28H25F3N6O2. The van der Waals surface area contributed by atoms with Crippen molar-refractivity contribution in [1.82, 2.24) is 29.1 Å². The summed E-state index contributed by atoms with van der Waals surface area (Å²) in [4.78, 5) is 33.4. The van der Waals surface area contributed by atoms with Crippen LogP contribution in [0.15, 0.2) is 48.9 Å². The molecule has 1 fully saturated rings. The molecule has 1 aromatic carbocycles. The predicted molar refractivity (Wildman–Crippen MR) is 138 cm³/mol. The van der Waals surface area contributed by atoms with E-state index < -0.39 is 24.3 Å². The molecule has 0 radical (unpaired) electrons. The molecule has 1 N–H and O–H groups in total. The number of carbonyl (C=O) groups excluding carboxylic acids is 2. The van der Waals surface area contributed by atoms with Crippen molar-refractivity contribution in [2.75, 3.05) is 26.2 Å². The van der Waals surface area contributed by atoms with E-state index in [9.17, 15) is 18.4 Å². The first-order valence-corrected chi connectivity index (χ1v) is 13.0. The Bertz CT molecular complexity index is 1700. The number of hydrogen-bond acceptors (Lipinski definition) is 3. The summed E-state index contributed by atoms with van der Waals surface area (Å²) in [6, 6.07) is 7.99. The predicted octanol–water partition coefficient (Wildman–Crippen LogP) is 4.14. The van der Waals surface area contributed by atoms with Gasteiger partial charge in [-0.2, -0.15) is 0 Å². The van der Waals surface area contributed by atoms with Gasteiger partial charge in [-0.3, -0.25) is 9.20 Å². The summed E-state index contributed by atoms with van der Waals surface area (Å²) < 4.78 is 46.8. The topological polar surface area (TPSA) is 74.9 Å². The number of amides is 3. The first-order valence-electron chi connectivity index (χ1n) is 13.0. The van der Waals surface area contributed by atoms with Gasteiger partial charge in [-0.15, -0.1) is 0 Å². The molecule has 3 aromatic heterocycles. The van der Waals surface area contributed by atoms with Crippen molar-refractivity contribution in [2.45, 2.75) is 31.9 Å². The Kier molecular flexibility index (Phi) is 5.26. The minimum Gasteiger partial charge on any atom is -0.348 e. The highest BCUT2D eigenvalue weighted by molar-refractivity contribution is 6.31. The zero-order valence-electron chi connectivity index (χ0n) is 21.0. The highest BCUT2D eigenvalue weighted by Gasteiger charge is 2.39. The van der Waals surface area contributed by atoms with Gasteiger partial charge in [-0.1, -0.05) is 6.07 Å². The van der Waals surface area contributed by atoms with Crippen LogP contribution in [0.25, 0.3) is 27.7 Å². The van der Waals surface area contributed by atoms with Gasteiger partial charge in [0.2, 0.25) is 0 Å². The third-order valence-corrected chi connectivity index (χ3v) is 7.87. The second-order valence-corrected chi connectivity index (χ2v) is 10.4. The lowest BCUT2D eigenvalue weighted by molar-refractivity contribution is -0.114. The highest BCUT2D eigenvalue weighted by Crippen LogP contribution is 2.38. The quantitative estimate of drug-likeness (QED) is 0.420. The standard InChI is InChI=1S/C28H25F3N6O2/c29-18-10-17-14-35(27(39)36-6-3-5-28(30,31)16-36)9-8-34-15-21(19(11-18)25(17)34)20-12-33-26(38)24(20)22-13-32-23-4-1-2-7-37(22)23/h1-2,4,7,10-11,13,15H,3,5-6,8-9,12,14,16H2,(H,33,38). The average Bonchev–Trinajstić information content (AvgIpc) is 3.56. The Labute approximate surface area is 221 Å². The van der Waals surface area contributed by atoms with Crippen molar-refractivity contribution in [3.05, 3.63) is 71.6 Å². The van der Waals surface area contributed by atoms with Gasteiger partial charge in [0.05, 0.1) is 29.5 Å². The van der Waals surface area contributed by atoms with E-state index in [2.05, 4.69) is 10.3 Å². The number of fused-ring (bicyclic) bond motifs is 1. The van der Waals surface area contributed by atoms with E-state index in [1.54, 1.807) is 6.20 Å². The Morgan fingerprint density at radius 2 is 1.97 bits per heavy atom. The monoisotopic (exact) mass is 534 g/mol. The summed E-state index contributed by atoms with van der Waals surface area (Å²) in [5.74, 6) is -3.59. The van der Waals surface area contributed by atoms with Crippen LogP contribution in [0.3, 0.4) is 0 Å². The van der Waals surface area contributed by atoms with Gasteiger partial charge in [0, 0.05) is 62.5 Å². The number of carbonyl (C=O) groups is 2. The molecule has 8 nitrogen and oxygen atoms in total. The lowest BCUT2D eigenvalue weighted by Gasteiger charge is -2.36. The summed E-state index contributed by atoms with van der Waals surface area (Å²) in [6.45, 7) is 0.767. The molecule has 1 saturated heterocycles. The van der Waals surface area contributed by atoms with E-state index >= 15 is 4.39 Å². The number of imidazole rings is 1. The number of urea groups is 1. The first-order chi connectivity index (χ1) is 18.8. The molecule has 3 amide bonds. The van der Waals surface area contributed by atoms with Crippen LogP contribution in [-0.4, -0.2) is 67.8 Å². The molecule has 200 valence electrons. The number of nitrogens with zero attached hydrogens (tertiary/aromatic N) is 5. The molecule has 0 saturated carbocycles. The SMILES string of the molecule is O=C1NCC(c2cn3c4c(cc(F)cc24)CN(C(=O)N2CCCC(F)(F)C2)CC3)=C1c1cnc2ccccn12. The maximum absolute atomic E-state index is 15.0. The lowest BCUT2D eigenvalue weighted by atomic mass is 9.98. The number of benzene rings is 1.